The Balaban J connectivity index is 1.78. The Morgan fingerprint density at radius 3 is 2.46 bits per heavy atom. The number of nitrogens with one attached hydrogen (secondary N) is 1. The van der Waals surface area contributed by atoms with Gasteiger partial charge in [-0.05, 0) is 61.0 Å². The molecule has 0 aliphatic carbocycles. The zero-order valence-corrected chi connectivity index (χ0v) is 19.8. The molecule has 4 rings (SSSR count). The van der Waals surface area contributed by atoms with Crippen molar-refractivity contribution in [2.75, 3.05) is 12.4 Å². The summed E-state index contributed by atoms with van der Waals surface area (Å²) >= 11 is 1.14. The number of carbonyl (C=O) groups is 2. The average Bonchev–Trinajstić information content (AvgIpc) is 2.88. The van der Waals surface area contributed by atoms with E-state index in [1.54, 1.807) is 30.3 Å². The first-order chi connectivity index (χ1) is 16.9. The van der Waals surface area contributed by atoms with Crippen LogP contribution in [0.15, 0.2) is 82.7 Å². The molecule has 1 atom stereocenters. The van der Waals surface area contributed by atoms with E-state index < -0.39 is 17.0 Å². The molecule has 1 heterocycles. The van der Waals surface area contributed by atoms with E-state index in [1.807, 2.05) is 13.0 Å². The normalized spacial score (nSPS) is 11.7. The standard InChI is InChI=1S/C26H22FN3O4S/c1-3-22(23(31)28-18-12-10-17(27)11-13-18)35-26-29-21-15-16(25(33)34-2)9-14-20(21)24(32)30(26)19-7-5-4-6-8-19/h4-15,22H,3H2,1-2H3,(H,28,31). The Bertz CT molecular complexity index is 1440. The minimum atomic E-state index is -0.594. The highest BCUT2D eigenvalue weighted by Crippen LogP contribution is 2.28. The molecule has 0 radical (unpaired) electrons. The van der Waals surface area contributed by atoms with Crippen LogP contribution in [0.5, 0.6) is 0 Å². The number of rotatable bonds is 7. The summed E-state index contributed by atoms with van der Waals surface area (Å²) in [5, 5.41) is 2.82. The maximum absolute atomic E-state index is 13.5. The number of methoxy groups -OCH3 is 1. The number of esters is 1. The van der Waals surface area contributed by atoms with Crippen molar-refractivity contribution in [3.63, 3.8) is 0 Å². The van der Waals surface area contributed by atoms with Crippen LogP contribution in [0.4, 0.5) is 10.1 Å². The Morgan fingerprint density at radius 2 is 1.80 bits per heavy atom. The van der Waals surface area contributed by atoms with Crippen molar-refractivity contribution in [1.29, 1.82) is 0 Å². The molecule has 3 aromatic carbocycles. The van der Waals surface area contributed by atoms with Gasteiger partial charge in [0.05, 0.1) is 34.5 Å². The highest BCUT2D eigenvalue weighted by molar-refractivity contribution is 8.00. The van der Waals surface area contributed by atoms with Crippen molar-refractivity contribution in [3.05, 3.63) is 94.5 Å². The second-order valence-electron chi connectivity index (χ2n) is 7.60. The summed E-state index contributed by atoms with van der Waals surface area (Å²) in [5.41, 5.74) is 1.32. The number of para-hydroxylation sites is 1. The number of hydrogen-bond acceptors (Lipinski definition) is 6. The SMILES string of the molecule is CCC(Sc1nc2cc(C(=O)OC)ccc2c(=O)n1-c1ccccc1)C(=O)Nc1ccc(F)cc1. The van der Waals surface area contributed by atoms with Crippen molar-refractivity contribution in [2.45, 2.75) is 23.8 Å². The second kappa shape index (κ2) is 10.5. The lowest BCUT2D eigenvalue weighted by Gasteiger charge is -2.18. The molecule has 4 aromatic rings. The molecule has 1 N–H and O–H groups in total. The molecular weight excluding hydrogens is 469 g/mol. The molecule has 0 saturated carbocycles. The number of aromatic nitrogens is 2. The Kier molecular flexibility index (Phi) is 7.26. The monoisotopic (exact) mass is 491 g/mol. The number of fused-ring (bicyclic) bond motifs is 1. The van der Waals surface area contributed by atoms with Gasteiger partial charge in [-0.2, -0.15) is 0 Å². The first-order valence-corrected chi connectivity index (χ1v) is 11.7. The Labute approximate surface area is 205 Å². The first-order valence-electron chi connectivity index (χ1n) is 10.8. The van der Waals surface area contributed by atoms with Crippen LogP contribution in [0.25, 0.3) is 16.6 Å². The van der Waals surface area contributed by atoms with Gasteiger partial charge in [-0.25, -0.2) is 14.2 Å². The number of amides is 1. The van der Waals surface area contributed by atoms with Crippen LogP contribution in [0.3, 0.4) is 0 Å². The summed E-state index contributed by atoms with van der Waals surface area (Å²) in [6.45, 7) is 1.85. The fraction of sp³-hybridized carbons (Fsp3) is 0.154. The van der Waals surface area contributed by atoms with E-state index in [1.165, 1.54) is 48.1 Å². The molecule has 0 saturated heterocycles. The molecule has 0 bridgehead atoms. The van der Waals surface area contributed by atoms with Crippen LogP contribution in [-0.4, -0.2) is 33.8 Å². The van der Waals surface area contributed by atoms with Gasteiger partial charge in [0.2, 0.25) is 5.91 Å². The molecule has 7 nitrogen and oxygen atoms in total. The van der Waals surface area contributed by atoms with Crippen molar-refractivity contribution in [2.24, 2.45) is 0 Å². The number of hydrogen-bond donors (Lipinski definition) is 1. The van der Waals surface area contributed by atoms with Crippen molar-refractivity contribution < 1.29 is 18.7 Å². The number of nitrogens with zero attached hydrogens (tertiary/aromatic N) is 2. The lowest BCUT2D eigenvalue weighted by molar-refractivity contribution is -0.115. The highest BCUT2D eigenvalue weighted by Gasteiger charge is 2.23. The predicted octanol–water partition coefficient (Wildman–Crippen LogP) is 4.82. The van der Waals surface area contributed by atoms with Gasteiger partial charge < -0.3 is 10.1 Å². The van der Waals surface area contributed by atoms with Gasteiger partial charge in [0.15, 0.2) is 5.16 Å². The van der Waals surface area contributed by atoms with Crippen molar-refractivity contribution >= 4 is 40.2 Å². The van der Waals surface area contributed by atoms with Crippen LogP contribution in [0.2, 0.25) is 0 Å². The van der Waals surface area contributed by atoms with Crippen LogP contribution in [-0.2, 0) is 9.53 Å². The van der Waals surface area contributed by atoms with Crippen LogP contribution >= 0.6 is 11.8 Å². The number of ether oxygens (including phenoxy) is 1. The largest absolute Gasteiger partial charge is 0.465 e. The summed E-state index contributed by atoms with van der Waals surface area (Å²) in [7, 11) is 1.28. The minimum Gasteiger partial charge on any atom is -0.465 e. The van der Waals surface area contributed by atoms with Crippen LogP contribution < -0.4 is 10.9 Å². The number of thioether (sulfide) groups is 1. The summed E-state index contributed by atoms with van der Waals surface area (Å²) in [6.07, 6.45) is 0.447. The van der Waals surface area contributed by atoms with Gasteiger partial charge >= 0.3 is 5.97 Å². The first kappa shape index (κ1) is 24.2. The number of anilines is 1. The lowest BCUT2D eigenvalue weighted by Crippen LogP contribution is -2.27. The number of benzene rings is 3. The summed E-state index contributed by atoms with van der Waals surface area (Å²) in [6, 6.07) is 19.1. The van der Waals surface area contributed by atoms with E-state index in [0.29, 0.717) is 33.9 Å². The second-order valence-corrected chi connectivity index (χ2v) is 8.77. The third-order valence-corrected chi connectivity index (χ3v) is 6.61. The van der Waals surface area contributed by atoms with Gasteiger partial charge in [0.1, 0.15) is 5.82 Å². The summed E-state index contributed by atoms with van der Waals surface area (Å²) < 4.78 is 19.5. The maximum Gasteiger partial charge on any atom is 0.337 e. The van der Waals surface area contributed by atoms with E-state index >= 15 is 0 Å². The third-order valence-electron chi connectivity index (χ3n) is 5.30. The fourth-order valence-electron chi connectivity index (χ4n) is 3.50. The predicted molar refractivity (Wildman–Crippen MR) is 134 cm³/mol. The molecule has 0 aliphatic heterocycles. The van der Waals surface area contributed by atoms with Crippen LogP contribution in [0, 0.1) is 5.82 Å². The number of halogens is 1. The molecule has 9 heteroatoms. The highest BCUT2D eigenvalue weighted by atomic mass is 32.2. The topological polar surface area (TPSA) is 90.3 Å². The quantitative estimate of drug-likeness (QED) is 0.226. The van der Waals surface area contributed by atoms with Crippen molar-refractivity contribution in [3.8, 4) is 5.69 Å². The van der Waals surface area contributed by atoms with Gasteiger partial charge in [0.25, 0.3) is 5.56 Å². The smallest absolute Gasteiger partial charge is 0.337 e. The molecule has 1 aromatic heterocycles. The molecule has 1 unspecified atom stereocenters. The molecule has 1 amide bonds. The summed E-state index contributed by atoms with van der Waals surface area (Å²) in [5.74, 6) is -1.25. The average molecular weight is 492 g/mol. The van der Waals surface area contributed by atoms with E-state index in [-0.39, 0.29) is 17.0 Å². The van der Waals surface area contributed by atoms with E-state index in [0.717, 1.165) is 11.8 Å². The molecule has 178 valence electrons. The molecule has 0 aliphatic rings. The fourth-order valence-corrected chi connectivity index (χ4v) is 4.53. The molecular formula is C26H22FN3O4S. The lowest BCUT2D eigenvalue weighted by atomic mass is 10.1. The molecule has 35 heavy (non-hydrogen) atoms. The molecule has 0 fully saturated rings. The van der Waals surface area contributed by atoms with Crippen molar-refractivity contribution in [1.82, 2.24) is 9.55 Å². The minimum absolute atomic E-state index is 0.265. The number of carbonyl (C=O) groups excluding carboxylic acids is 2. The zero-order chi connectivity index (χ0) is 24.9. The van der Waals surface area contributed by atoms with Crippen LogP contribution in [0.1, 0.15) is 23.7 Å². The van der Waals surface area contributed by atoms with E-state index in [9.17, 15) is 18.8 Å². The zero-order valence-electron chi connectivity index (χ0n) is 19.0. The van der Waals surface area contributed by atoms with E-state index in [4.69, 9.17) is 4.74 Å². The Hall–Kier alpha value is -3.98. The van der Waals surface area contributed by atoms with Gasteiger partial charge in [-0.15, -0.1) is 0 Å². The summed E-state index contributed by atoms with van der Waals surface area (Å²) in [4.78, 5) is 43.2. The maximum atomic E-state index is 13.5. The van der Waals surface area contributed by atoms with Gasteiger partial charge in [-0.3, -0.25) is 14.2 Å². The van der Waals surface area contributed by atoms with Gasteiger partial charge in [0, 0.05) is 5.69 Å². The van der Waals surface area contributed by atoms with E-state index in [2.05, 4.69) is 10.3 Å². The third kappa shape index (κ3) is 5.25. The molecule has 0 spiro atoms. The van der Waals surface area contributed by atoms with Gasteiger partial charge in [-0.1, -0.05) is 36.9 Å². The Morgan fingerprint density at radius 1 is 1.09 bits per heavy atom.